The van der Waals surface area contributed by atoms with Gasteiger partial charge in [-0.2, -0.15) is 4.98 Å². The van der Waals surface area contributed by atoms with Crippen LogP contribution in [-0.2, 0) is 4.79 Å². The standard InChI is InChI=1S/C28H27N5O4/c1-17-24(27(34)30-19-10-6-5-7-11-19)25(22-16-21(36-3)13-14-23(22)37-4)33-28(29-17)31-26(32-33)18-9-8-12-20(15-18)35-2/h5-16,25H,1-4H3,(H,30,34)(H,29,31,32). The fraction of sp³-hybridized carbons (Fsp3) is 0.179. The number of nitrogens with zero attached hydrogens (tertiary/aromatic N) is 3. The summed E-state index contributed by atoms with van der Waals surface area (Å²) in [5, 5.41) is 11.1. The van der Waals surface area contributed by atoms with Crippen LogP contribution in [0.5, 0.6) is 17.2 Å². The Bertz CT molecular complexity index is 1480. The van der Waals surface area contributed by atoms with Crippen LogP contribution in [0, 0.1) is 0 Å². The first-order chi connectivity index (χ1) is 18.0. The molecule has 188 valence electrons. The lowest BCUT2D eigenvalue weighted by atomic mass is 9.94. The minimum Gasteiger partial charge on any atom is -0.497 e. The lowest BCUT2D eigenvalue weighted by molar-refractivity contribution is -0.113. The smallest absolute Gasteiger partial charge is 0.255 e. The van der Waals surface area contributed by atoms with Gasteiger partial charge < -0.3 is 24.8 Å². The summed E-state index contributed by atoms with van der Waals surface area (Å²) in [6, 6.07) is 21.7. The molecule has 5 rings (SSSR count). The molecule has 0 spiro atoms. The minimum atomic E-state index is -0.642. The van der Waals surface area contributed by atoms with E-state index < -0.39 is 6.04 Å². The highest BCUT2D eigenvalue weighted by molar-refractivity contribution is 6.06. The fourth-order valence-electron chi connectivity index (χ4n) is 4.39. The molecule has 9 heteroatoms. The molecule has 1 aliphatic heterocycles. The molecule has 37 heavy (non-hydrogen) atoms. The van der Waals surface area contributed by atoms with Crippen molar-refractivity contribution in [2.24, 2.45) is 0 Å². The van der Waals surface area contributed by atoms with Gasteiger partial charge in [0.2, 0.25) is 5.95 Å². The molecule has 4 aromatic rings. The van der Waals surface area contributed by atoms with Gasteiger partial charge in [-0.05, 0) is 49.4 Å². The van der Waals surface area contributed by atoms with Crippen molar-refractivity contribution < 1.29 is 19.0 Å². The molecule has 1 atom stereocenters. The normalized spacial score (nSPS) is 14.4. The molecular formula is C28H27N5O4. The van der Waals surface area contributed by atoms with Gasteiger partial charge in [-0.3, -0.25) is 4.79 Å². The van der Waals surface area contributed by atoms with Gasteiger partial charge in [-0.1, -0.05) is 30.3 Å². The minimum absolute atomic E-state index is 0.268. The Hall–Kier alpha value is -4.79. The predicted molar refractivity (Wildman–Crippen MR) is 141 cm³/mol. The second kappa shape index (κ2) is 10.1. The lowest BCUT2D eigenvalue weighted by Gasteiger charge is -2.29. The lowest BCUT2D eigenvalue weighted by Crippen LogP contribution is -2.31. The van der Waals surface area contributed by atoms with Crippen LogP contribution in [0.15, 0.2) is 84.1 Å². The molecule has 1 aliphatic rings. The van der Waals surface area contributed by atoms with Gasteiger partial charge >= 0.3 is 0 Å². The van der Waals surface area contributed by atoms with E-state index in [1.54, 1.807) is 26.0 Å². The Balaban J connectivity index is 1.66. The topological polar surface area (TPSA) is 99.5 Å². The van der Waals surface area contributed by atoms with E-state index in [4.69, 9.17) is 24.3 Å². The molecule has 1 unspecified atom stereocenters. The average molecular weight is 498 g/mol. The summed E-state index contributed by atoms with van der Waals surface area (Å²) in [4.78, 5) is 18.5. The summed E-state index contributed by atoms with van der Waals surface area (Å²) >= 11 is 0. The number of aromatic nitrogens is 3. The van der Waals surface area contributed by atoms with Crippen LogP contribution in [0.25, 0.3) is 11.4 Å². The number of carbonyl (C=O) groups is 1. The van der Waals surface area contributed by atoms with Crippen LogP contribution < -0.4 is 24.8 Å². The molecule has 1 aromatic heterocycles. The molecule has 0 saturated heterocycles. The molecular weight excluding hydrogens is 470 g/mol. The third kappa shape index (κ3) is 4.58. The van der Waals surface area contributed by atoms with Crippen LogP contribution in [0.3, 0.4) is 0 Å². The second-order valence-electron chi connectivity index (χ2n) is 8.43. The Morgan fingerprint density at radius 2 is 1.68 bits per heavy atom. The molecule has 0 saturated carbocycles. The van der Waals surface area contributed by atoms with E-state index in [1.165, 1.54) is 0 Å². The number of amides is 1. The Morgan fingerprint density at radius 3 is 2.41 bits per heavy atom. The van der Waals surface area contributed by atoms with Gasteiger partial charge in [-0.25, -0.2) is 4.68 Å². The average Bonchev–Trinajstić information content (AvgIpc) is 3.36. The van der Waals surface area contributed by atoms with E-state index in [1.807, 2.05) is 79.7 Å². The number of methoxy groups -OCH3 is 3. The zero-order valence-corrected chi connectivity index (χ0v) is 21.0. The summed E-state index contributed by atoms with van der Waals surface area (Å²) in [5.74, 6) is 2.64. The van der Waals surface area contributed by atoms with E-state index in [0.29, 0.717) is 51.5 Å². The molecule has 2 N–H and O–H groups in total. The van der Waals surface area contributed by atoms with Crippen molar-refractivity contribution in [2.75, 3.05) is 32.0 Å². The first kappa shape index (κ1) is 23.9. The van der Waals surface area contributed by atoms with E-state index in [0.717, 1.165) is 5.56 Å². The van der Waals surface area contributed by atoms with Crippen molar-refractivity contribution in [1.29, 1.82) is 0 Å². The van der Waals surface area contributed by atoms with E-state index in [-0.39, 0.29) is 5.91 Å². The highest BCUT2D eigenvalue weighted by atomic mass is 16.5. The predicted octanol–water partition coefficient (Wildman–Crippen LogP) is 4.90. The zero-order valence-electron chi connectivity index (χ0n) is 21.0. The van der Waals surface area contributed by atoms with Crippen LogP contribution in [-0.4, -0.2) is 42.0 Å². The molecule has 9 nitrogen and oxygen atoms in total. The van der Waals surface area contributed by atoms with Crippen molar-refractivity contribution in [2.45, 2.75) is 13.0 Å². The highest BCUT2D eigenvalue weighted by Crippen LogP contribution is 2.41. The Morgan fingerprint density at radius 1 is 0.919 bits per heavy atom. The van der Waals surface area contributed by atoms with Crippen molar-refractivity contribution in [3.63, 3.8) is 0 Å². The number of rotatable bonds is 7. The molecule has 0 radical (unpaired) electrons. The number of hydrogen-bond donors (Lipinski definition) is 2. The third-order valence-corrected chi connectivity index (χ3v) is 6.19. The number of para-hydroxylation sites is 1. The van der Waals surface area contributed by atoms with Gasteiger partial charge in [0.15, 0.2) is 5.82 Å². The maximum atomic E-state index is 13.7. The number of fused-ring (bicyclic) bond motifs is 1. The molecule has 0 fully saturated rings. The zero-order chi connectivity index (χ0) is 25.9. The molecule has 2 heterocycles. The quantitative estimate of drug-likeness (QED) is 0.375. The molecule has 1 amide bonds. The summed E-state index contributed by atoms with van der Waals surface area (Å²) in [6.07, 6.45) is 0. The van der Waals surface area contributed by atoms with Crippen LogP contribution in [0.4, 0.5) is 11.6 Å². The molecule has 0 aliphatic carbocycles. The van der Waals surface area contributed by atoms with E-state index >= 15 is 0 Å². The Labute approximate surface area is 214 Å². The van der Waals surface area contributed by atoms with Gasteiger partial charge in [0, 0.05) is 22.5 Å². The maximum Gasteiger partial charge on any atom is 0.255 e. The number of nitrogens with one attached hydrogen (secondary N) is 2. The van der Waals surface area contributed by atoms with Gasteiger partial charge in [0.05, 0.1) is 26.9 Å². The molecule has 0 bridgehead atoms. The monoisotopic (exact) mass is 497 g/mol. The van der Waals surface area contributed by atoms with E-state index in [2.05, 4.69) is 10.6 Å². The number of allylic oxidation sites excluding steroid dienone is 1. The van der Waals surface area contributed by atoms with Gasteiger partial charge in [0.25, 0.3) is 5.91 Å². The molecule has 3 aromatic carbocycles. The fourth-order valence-corrected chi connectivity index (χ4v) is 4.39. The van der Waals surface area contributed by atoms with Crippen LogP contribution in [0.2, 0.25) is 0 Å². The van der Waals surface area contributed by atoms with Crippen LogP contribution >= 0.6 is 0 Å². The van der Waals surface area contributed by atoms with Crippen LogP contribution in [0.1, 0.15) is 18.5 Å². The largest absolute Gasteiger partial charge is 0.497 e. The summed E-state index contributed by atoms with van der Waals surface area (Å²) < 4.78 is 18.3. The van der Waals surface area contributed by atoms with Gasteiger partial charge in [0.1, 0.15) is 23.3 Å². The summed E-state index contributed by atoms with van der Waals surface area (Å²) in [6.45, 7) is 1.85. The maximum absolute atomic E-state index is 13.7. The first-order valence-corrected chi connectivity index (χ1v) is 11.7. The first-order valence-electron chi connectivity index (χ1n) is 11.7. The summed E-state index contributed by atoms with van der Waals surface area (Å²) in [7, 11) is 4.80. The van der Waals surface area contributed by atoms with Gasteiger partial charge in [-0.15, -0.1) is 5.10 Å². The Kier molecular flexibility index (Phi) is 6.51. The van der Waals surface area contributed by atoms with Crippen molar-refractivity contribution >= 4 is 17.5 Å². The van der Waals surface area contributed by atoms with Crippen molar-refractivity contribution in [3.05, 3.63) is 89.6 Å². The van der Waals surface area contributed by atoms with Crippen molar-refractivity contribution in [3.8, 4) is 28.6 Å². The van der Waals surface area contributed by atoms with Crippen molar-refractivity contribution in [1.82, 2.24) is 14.8 Å². The number of anilines is 2. The number of ether oxygens (including phenoxy) is 3. The second-order valence-corrected chi connectivity index (χ2v) is 8.43. The third-order valence-electron chi connectivity index (χ3n) is 6.19. The number of carbonyl (C=O) groups excluding carboxylic acids is 1. The number of hydrogen-bond acceptors (Lipinski definition) is 7. The summed E-state index contributed by atoms with van der Waals surface area (Å²) in [5.41, 5.74) is 3.31. The SMILES string of the molecule is COc1cccc(-c2nc3n(n2)C(c2cc(OC)ccc2OC)C(C(=O)Nc2ccccc2)=C(C)N3)c1. The van der Waals surface area contributed by atoms with E-state index in [9.17, 15) is 4.79 Å². The number of benzene rings is 3. The highest BCUT2D eigenvalue weighted by Gasteiger charge is 2.36.